The van der Waals surface area contributed by atoms with Gasteiger partial charge in [-0.2, -0.15) is 0 Å². The van der Waals surface area contributed by atoms with E-state index in [4.69, 9.17) is 0 Å². The number of amides is 3. The summed E-state index contributed by atoms with van der Waals surface area (Å²) in [5, 5.41) is 7.87. The molecule has 7 heteroatoms. The lowest BCUT2D eigenvalue weighted by molar-refractivity contribution is 0.103. The number of thiophene rings is 1. The zero-order valence-electron chi connectivity index (χ0n) is 13.9. The fourth-order valence-corrected chi connectivity index (χ4v) is 3.22. The molecule has 3 aromatic rings. The molecule has 0 bridgehead atoms. The Labute approximate surface area is 153 Å². The molecule has 132 valence electrons. The van der Waals surface area contributed by atoms with Gasteiger partial charge in [0.15, 0.2) is 0 Å². The third kappa shape index (κ3) is 4.07. The number of nitrogens with one attached hydrogen (secondary N) is 3. The second-order valence-corrected chi connectivity index (χ2v) is 6.46. The maximum absolute atomic E-state index is 13.9. The highest BCUT2D eigenvalue weighted by Crippen LogP contribution is 2.30. The zero-order valence-corrected chi connectivity index (χ0v) is 14.7. The highest BCUT2D eigenvalue weighted by atomic mass is 32.1. The molecule has 2 aromatic carbocycles. The number of hydrogen-bond acceptors (Lipinski definition) is 3. The first kappa shape index (κ1) is 17.6. The fraction of sp³-hybridized carbons (Fsp3) is 0.0526. The highest BCUT2D eigenvalue weighted by Gasteiger charge is 2.12. The van der Waals surface area contributed by atoms with Gasteiger partial charge >= 0.3 is 6.03 Å². The van der Waals surface area contributed by atoms with Gasteiger partial charge in [0.2, 0.25) is 0 Å². The number of urea groups is 1. The Balaban J connectivity index is 1.69. The lowest BCUT2D eigenvalue weighted by atomic mass is 10.2. The topological polar surface area (TPSA) is 70.2 Å². The van der Waals surface area contributed by atoms with E-state index in [0.29, 0.717) is 26.7 Å². The molecule has 0 aliphatic heterocycles. The predicted octanol–water partition coefficient (Wildman–Crippen LogP) is 4.56. The van der Waals surface area contributed by atoms with Crippen LogP contribution in [0.4, 0.5) is 20.6 Å². The van der Waals surface area contributed by atoms with Crippen LogP contribution in [-0.2, 0) is 0 Å². The number of carbonyl (C=O) groups is 2. The Bertz CT molecular complexity index is 938. The van der Waals surface area contributed by atoms with E-state index in [9.17, 15) is 14.0 Å². The van der Waals surface area contributed by atoms with Gasteiger partial charge in [-0.25, -0.2) is 9.18 Å². The first-order chi connectivity index (χ1) is 12.6. The monoisotopic (exact) mass is 369 g/mol. The van der Waals surface area contributed by atoms with Gasteiger partial charge in [-0.1, -0.05) is 18.2 Å². The quantitative estimate of drug-likeness (QED) is 0.631. The van der Waals surface area contributed by atoms with Crippen LogP contribution in [0.5, 0.6) is 0 Å². The number of benzene rings is 2. The summed E-state index contributed by atoms with van der Waals surface area (Å²) in [5.41, 5.74) is 1.68. The minimum Gasteiger partial charge on any atom is -0.341 e. The van der Waals surface area contributed by atoms with E-state index in [-0.39, 0.29) is 17.8 Å². The molecule has 0 aliphatic carbocycles. The molecule has 0 spiro atoms. The summed E-state index contributed by atoms with van der Waals surface area (Å²) in [4.78, 5) is 24.8. The minimum absolute atomic E-state index is 0.274. The van der Waals surface area contributed by atoms with Gasteiger partial charge < -0.3 is 16.0 Å². The van der Waals surface area contributed by atoms with Crippen LogP contribution in [0.3, 0.4) is 0 Å². The first-order valence-electron chi connectivity index (χ1n) is 7.81. The number of carbonyl (C=O) groups excluding carboxylic acids is 2. The number of anilines is 2. The van der Waals surface area contributed by atoms with Gasteiger partial charge in [0.05, 0.1) is 4.88 Å². The maximum atomic E-state index is 13.9. The Hall–Kier alpha value is -3.19. The zero-order chi connectivity index (χ0) is 18.5. The molecule has 1 aromatic heterocycles. The Morgan fingerprint density at radius 1 is 0.885 bits per heavy atom. The van der Waals surface area contributed by atoms with E-state index >= 15 is 0 Å². The number of rotatable bonds is 4. The van der Waals surface area contributed by atoms with Crippen LogP contribution in [0.25, 0.3) is 10.4 Å². The van der Waals surface area contributed by atoms with Crippen molar-refractivity contribution in [2.24, 2.45) is 0 Å². The van der Waals surface area contributed by atoms with Gasteiger partial charge in [0.25, 0.3) is 5.91 Å². The van der Waals surface area contributed by atoms with Crippen LogP contribution in [-0.4, -0.2) is 19.0 Å². The molecule has 3 rings (SSSR count). The normalized spacial score (nSPS) is 10.2. The van der Waals surface area contributed by atoms with E-state index in [0.717, 1.165) is 0 Å². The van der Waals surface area contributed by atoms with Crippen LogP contribution in [0.15, 0.2) is 60.7 Å². The SMILES string of the molecule is CNC(=O)Nc1ccc(NC(=O)c2ccc(-c3ccccc3F)s2)cc1. The lowest BCUT2D eigenvalue weighted by Crippen LogP contribution is -2.24. The van der Waals surface area contributed by atoms with Crippen LogP contribution < -0.4 is 16.0 Å². The molecule has 0 aliphatic rings. The van der Waals surface area contributed by atoms with Crippen molar-refractivity contribution in [3.63, 3.8) is 0 Å². The van der Waals surface area contributed by atoms with Gasteiger partial charge in [-0.3, -0.25) is 4.79 Å². The van der Waals surface area contributed by atoms with Crippen molar-refractivity contribution >= 4 is 34.6 Å². The molecule has 5 nitrogen and oxygen atoms in total. The molecule has 0 atom stereocenters. The van der Waals surface area contributed by atoms with Crippen LogP contribution in [0.2, 0.25) is 0 Å². The van der Waals surface area contributed by atoms with Crippen molar-refractivity contribution in [1.29, 1.82) is 0 Å². The maximum Gasteiger partial charge on any atom is 0.318 e. The van der Waals surface area contributed by atoms with Crippen molar-refractivity contribution in [1.82, 2.24) is 5.32 Å². The molecular weight excluding hydrogens is 353 g/mol. The van der Waals surface area contributed by atoms with E-state index in [1.54, 1.807) is 54.6 Å². The van der Waals surface area contributed by atoms with Gasteiger partial charge in [0, 0.05) is 28.9 Å². The molecule has 3 N–H and O–H groups in total. The summed E-state index contributed by atoms with van der Waals surface area (Å²) in [6, 6.07) is 16.3. The Kier molecular flexibility index (Phi) is 5.28. The van der Waals surface area contributed by atoms with Crippen LogP contribution in [0.1, 0.15) is 9.67 Å². The summed E-state index contributed by atoms with van der Waals surface area (Å²) in [7, 11) is 1.53. The molecule has 3 amide bonds. The number of halogens is 1. The van der Waals surface area contributed by atoms with Crippen molar-refractivity contribution < 1.29 is 14.0 Å². The van der Waals surface area contributed by atoms with Gasteiger partial charge in [-0.05, 0) is 42.5 Å². The fourth-order valence-electron chi connectivity index (χ4n) is 2.29. The predicted molar refractivity (Wildman–Crippen MR) is 102 cm³/mol. The highest BCUT2D eigenvalue weighted by molar-refractivity contribution is 7.17. The van der Waals surface area contributed by atoms with Crippen molar-refractivity contribution in [2.45, 2.75) is 0 Å². The molecule has 26 heavy (non-hydrogen) atoms. The van der Waals surface area contributed by atoms with Gasteiger partial charge in [0.1, 0.15) is 5.82 Å². The molecule has 1 heterocycles. The summed E-state index contributed by atoms with van der Waals surface area (Å²) >= 11 is 1.22. The van der Waals surface area contributed by atoms with E-state index in [2.05, 4.69) is 16.0 Å². The van der Waals surface area contributed by atoms with E-state index in [1.165, 1.54) is 24.5 Å². The molecule has 0 radical (unpaired) electrons. The lowest BCUT2D eigenvalue weighted by Gasteiger charge is -2.07. The third-order valence-electron chi connectivity index (χ3n) is 3.60. The first-order valence-corrected chi connectivity index (χ1v) is 8.63. The average Bonchev–Trinajstić information content (AvgIpc) is 3.13. The molecular formula is C19H16FN3O2S. The average molecular weight is 369 g/mol. The van der Waals surface area contributed by atoms with Gasteiger partial charge in [-0.15, -0.1) is 11.3 Å². The minimum atomic E-state index is -0.319. The van der Waals surface area contributed by atoms with Crippen molar-refractivity contribution in [2.75, 3.05) is 17.7 Å². The third-order valence-corrected chi connectivity index (χ3v) is 4.71. The van der Waals surface area contributed by atoms with E-state index < -0.39 is 0 Å². The summed E-state index contributed by atoms with van der Waals surface area (Å²) in [5.74, 6) is -0.592. The molecule has 0 saturated heterocycles. The summed E-state index contributed by atoms with van der Waals surface area (Å²) in [6.45, 7) is 0. The summed E-state index contributed by atoms with van der Waals surface area (Å²) < 4.78 is 13.9. The number of hydrogen-bond donors (Lipinski definition) is 3. The molecule has 0 fully saturated rings. The van der Waals surface area contributed by atoms with Crippen LogP contribution >= 0.6 is 11.3 Å². The van der Waals surface area contributed by atoms with Crippen molar-refractivity contribution in [3.8, 4) is 10.4 Å². The second-order valence-electron chi connectivity index (χ2n) is 5.38. The standard InChI is InChI=1S/C19H16FN3O2S/c1-21-19(25)23-13-8-6-12(7-9-13)22-18(24)17-11-10-16(26-17)14-4-2-3-5-15(14)20/h2-11H,1H3,(H,22,24)(H2,21,23,25). The van der Waals surface area contributed by atoms with E-state index in [1.807, 2.05) is 0 Å². The smallest absolute Gasteiger partial charge is 0.318 e. The summed E-state index contributed by atoms with van der Waals surface area (Å²) in [6.07, 6.45) is 0. The largest absolute Gasteiger partial charge is 0.341 e. The molecule has 0 unspecified atom stereocenters. The Morgan fingerprint density at radius 3 is 2.19 bits per heavy atom. The second kappa shape index (κ2) is 7.79. The van der Waals surface area contributed by atoms with Crippen LogP contribution in [0, 0.1) is 5.82 Å². The van der Waals surface area contributed by atoms with Crippen molar-refractivity contribution in [3.05, 3.63) is 71.4 Å². The Morgan fingerprint density at radius 2 is 1.54 bits per heavy atom. The molecule has 0 saturated carbocycles.